The van der Waals surface area contributed by atoms with Crippen molar-refractivity contribution < 1.29 is 4.57 Å². The SMILES string of the molecule is Brc1ccc(Cn2c3[n+](c4ccccc42)CCN3)cc1. The van der Waals surface area contributed by atoms with Gasteiger partial charge < -0.3 is 0 Å². The number of hydrogen-bond acceptors (Lipinski definition) is 1. The van der Waals surface area contributed by atoms with Gasteiger partial charge in [-0.2, -0.15) is 0 Å². The van der Waals surface area contributed by atoms with Crippen LogP contribution < -0.4 is 9.88 Å². The van der Waals surface area contributed by atoms with Crippen LogP contribution in [0.2, 0.25) is 0 Å². The zero-order chi connectivity index (χ0) is 13.5. The Bertz CT molecular complexity index is 774. The highest BCUT2D eigenvalue weighted by Crippen LogP contribution is 2.22. The number of nitrogens with one attached hydrogen (secondary N) is 1. The van der Waals surface area contributed by atoms with E-state index in [1.807, 2.05) is 0 Å². The number of rotatable bonds is 2. The predicted molar refractivity (Wildman–Crippen MR) is 83.9 cm³/mol. The number of para-hydroxylation sites is 2. The molecule has 0 bridgehead atoms. The van der Waals surface area contributed by atoms with E-state index in [9.17, 15) is 0 Å². The first-order valence-electron chi connectivity index (χ1n) is 6.82. The van der Waals surface area contributed by atoms with Gasteiger partial charge >= 0.3 is 5.95 Å². The fourth-order valence-corrected chi connectivity index (χ4v) is 3.19. The van der Waals surface area contributed by atoms with Crippen LogP contribution >= 0.6 is 15.9 Å². The fourth-order valence-electron chi connectivity index (χ4n) is 2.92. The van der Waals surface area contributed by atoms with E-state index in [4.69, 9.17) is 0 Å². The van der Waals surface area contributed by atoms with E-state index in [0.717, 1.165) is 24.1 Å². The molecule has 20 heavy (non-hydrogen) atoms. The van der Waals surface area contributed by atoms with Gasteiger partial charge in [-0.1, -0.05) is 40.2 Å². The molecule has 0 spiro atoms. The highest BCUT2D eigenvalue weighted by molar-refractivity contribution is 9.10. The molecule has 1 N–H and O–H groups in total. The van der Waals surface area contributed by atoms with Gasteiger partial charge in [-0.05, 0) is 29.8 Å². The van der Waals surface area contributed by atoms with Crippen molar-refractivity contribution >= 4 is 32.9 Å². The van der Waals surface area contributed by atoms with Crippen molar-refractivity contribution in [2.24, 2.45) is 0 Å². The highest BCUT2D eigenvalue weighted by Gasteiger charge is 2.27. The number of benzene rings is 2. The topological polar surface area (TPSA) is 20.8 Å². The van der Waals surface area contributed by atoms with E-state index in [1.54, 1.807) is 0 Å². The number of hydrogen-bond donors (Lipinski definition) is 1. The molecule has 1 aliphatic rings. The number of halogens is 1. The number of imidazole rings is 1. The third kappa shape index (κ3) is 1.83. The van der Waals surface area contributed by atoms with Crippen molar-refractivity contribution in [3.05, 3.63) is 58.6 Å². The molecule has 3 nitrogen and oxygen atoms in total. The molecule has 0 saturated heterocycles. The molecule has 0 atom stereocenters. The third-order valence-electron chi connectivity index (χ3n) is 3.85. The van der Waals surface area contributed by atoms with Crippen molar-refractivity contribution in [3.63, 3.8) is 0 Å². The van der Waals surface area contributed by atoms with E-state index in [-0.39, 0.29) is 0 Å². The molecule has 0 aliphatic carbocycles. The monoisotopic (exact) mass is 328 g/mol. The minimum absolute atomic E-state index is 0.892. The van der Waals surface area contributed by atoms with Gasteiger partial charge in [0.15, 0.2) is 0 Å². The minimum atomic E-state index is 0.892. The Labute approximate surface area is 126 Å². The van der Waals surface area contributed by atoms with Gasteiger partial charge in [0.1, 0.15) is 17.6 Å². The molecule has 0 unspecified atom stereocenters. The average molecular weight is 329 g/mol. The summed E-state index contributed by atoms with van der Waals surface area (Å²) in [6.07, 6.45) is 0. The Kier molecular flexibility index (Phi) is 2.77. The summed E-state index contributed by atoms with van der Waals surface area (Å²) in [6, 6.07) is 17.2. The first kappa shape index (κ1) is 12.0. The largest absolute Gasteiger partial charge is 0.358 e. The molecule has 100 valence electrons. The second kappa shape index (κ2) is 4.63. The Balaban J connectivity index is 1.85. The molecule has 0 amide bonds. The zero-order valence-corrected chi connectivity index (χ0v) is 12.6. The maximum absolute atomic E-state index is 3.51. The highest BCUT2D eigenvalue weighted by atomic mass is 79.9. The quantitative estimate of drug-likeness (QED) is 0.717. The van der Waals surface area contributed by atoms with E-state index in [1.165, 1.54) is 22.5 Å². The van der Waals surface area contributed by atoms with Gasteiger partial charge in [-0.3, -0.25) is 5.32 Å². The van der Waals surface area contributed by atoms with Crippen LogP contribution in [-0.2, 0) is 13.1 Å². The van der Waals surface area contributed by atoms with Gasteiger partial charge in [0.25, 0.3) is 0 Å². The Morgan fingerprint density at radius 2 is 1.90 bits per heavy atom. The van der Waals surface area contributed by atoms with Crippen LogP contribution in [0.5, 0.6) is 0 Å². The van der Waals surface area contributed by atoms with Crippen molar-refractivity contribution in [1.82, 2.24) is 4.57 Å². The molecule has 3 aromatic rings. The lowest BCUT2D eigenvalue weighted by Gasteiger charge is -2.03. The molecular formula is C16H15BrN3+. The molecule has 1 aromatic heterocycles. The lowest BCUT2D eigenvalue weighted by atomic mass is 10.2. The standard InChI is InChI=1S/C16H14BrN3/c17-13-7-5-12(6-8-13)11-20-15-4-2-1-3-14(15)19-10-9-18-16(19)20/h1-8H,9-11H2/p+1. The number of anilines is 1. The Hall–Kier alpha value is -1.81. The number of fused-ring (bicyclic) bond motifs is 3. The second-order valence-electron chi connectivity index (χ2n) is 5.10. The molecule has 4 heteroatoms. The van der Waals surface area contributed by atoms with Gasteiger partial charge in [-0.25, -0.2) is 9.13 Å². The lowest BCUT2D eigenvalue weighted by molar-refractivity contribution is -0.644. The van der Waals surface area contributed by atoms with E-state index in [2.05, 4.69) is 78.9 Å². The van der Waals surface area contributed by atoms with Crippen LogP contribution in [0.25, 0.3) is 11.0 Å². The minimum Gasteiger partial charge on any atom is -0.274 e. The summed E-state index contributed by atoms with van der Waals surface area (Å²) in [5.74, 6) is 1.22. The molecular weight excluding hydrogens is 314 g/mol. The van der Waals surface area contributed by atoms with Crippen LogP contribution in [0.1, 0.15) is 5.56 Å². The summed E-state index contributed by atoms with van der Waals surface area (Å²) in [4.78, 5) is 0. The van der Waals surface area contributed by atoms with E-state index >= 15 is 0 Å². The van der Waals surface area contributed by atoms with Gasteiger partial charge in [-0.15, -0.1) is 0 Å². The maximum Gasteiger partial charge on any atom is 0.358 e. The normalized spacial score (nSPS) is 13.4. The van der Waals surface area contributed by atoms with Crippen LogP contribution in [0.4, 0.5) is 5.95 Å². The summed E-state index contributed by atoms with van der Waals surface area (Å²) < 4.78 is 5.86. The molecule has 2 aromatic carbocycles. The average Bonchev–Trinajstić information content (AvgIpc) is 3.05. The summed E-state index contributed by atoms with van der Waals surface area (Å²) >= 11 is 3.49. The summed E-state index contributed by atoms with van der Waals surface area (Å²) in [5.41, 5.74) is 3.91. The van der Waals surface area contributed by atoms with Gasteiger partial charge in [0, 0.05) is 4.47 Å². The Morgan fingerprint density at radius 1 is 1.10 bits per heavy atom. The molecule has 0 saturated carbocycles. The second-order valence-corrected chi connectivity index (χ2v) is 6.02. The van der Waals surface area contributed by atoms with Crippen LogP contribution in [0.15, 0.2) is 53.0 Å². The van der Waals surface area contributed by atoms with Crippen LogP contribution in [0, 0.1) is 0 Å². The lowest BCUT2D eigenvalue weighted by Crippen LogP contribution is -2.29. The van der Waals surface area contributed by atoms with Crippen molar-refractivity contribution in [3.8, 4) is 0 Å². The van der Waals surface area contributed by atoms with E-state index in [0.29, 0.717) is 0 Å². The molecule has 0 radical (unpaired) electrons. The fraction of sp³-hybridized carbons (Fsp3) is 0.188. The summed E-state index contributed by atoms with van der Waals surface area (Å²) in [7, 11) is 0. The third-order valence-corrected chi connectivity index (χ3v) is 4.38. The molecule has 4 rings (SSSR count). The first-order chi connectivity index (χ1) is 9.83. The predicted octanol–water partition coefficient (Wildman–Crippen LogP) is 3.17. The van der Waals surface area contributed by atoms with Crippen molar-refractivity contribution in [2.45, 2.75) is 13.1 Å². The number of aromatic nitrogens is 2. The van der Waals surface area contributed by atoms with Crippen molar-refractivity contribution in [2.75, 3.05) is 11.9 Å². The molecule has 1 aliphatic heterocycles. The first-order valence-corrected chi connectivity index (χ1v) is 7.61. The number of nitrogens with zero attached hydrogens (tertiary/aromatic N) is 2. The Morgan fingerprint density at radius 3 is 2.75 bits per heavy atom. The summed E-state index contributed by atoms with van der Waals surface area (Å²) in [5, 5.41) is 3.51. The molecule has 2 heterocycles. The smallest absolute Gasteiger partial charge is 0.274 e. The van der Waals surface area contributed by atoms with E-state index < -0.39 is 0 Å². The van der Waals surface area contributed by atoms with Crippen LogP contribution in [0.3, 0.4) is 0 Å². The van der Waals surface area contributed by atoms with Crippen LogP contribution in [-0.4, -0.2) is 11.1 Å². The molecule has 0 fully saturated rings. The van der Waals surface area contributed by atoms with Gasteiger partial charge in [0.2, 0.25) is 0 Å². The maximum atomic E-state index is 3.51. The zero-order valence-electron chi connectivity index (χ0n) is 11.0. The van der Waals surface area contributed by atoms with Crippen molar-refractivity contribution in [1.29, 1.82) is 0 Å². The summed E-state index contributed by atoms with van der Waals surface area (Å²) in [6.45, 7) is 2.95. The van der Waals surface area contributed by atoms with Gasteiger partial charge in [0.05, 0.1) is 13.1 Å².